The first-order valence-electron chi connectivity index (χ1n) is 6.68. The van der Waals surface area contributed by atoms with Crippen molar-refractivity contribution >= 4 is 38.6 Å². The molecule has 8 heteroatoms. The lowest BCUT2D eigenvalue weighted by Crippen LogP contribution is -2.27. The number of hydrogen-bond acceptors (Lipinski definition) is 5. The monoisotopic (exact) mass is 369 g/mol. The van der Waals surface area contributed by atoms with Crippen LogP contribution in [0, 0.1) is 10.1 Å². The maximum absolute atomic E-state index is 12.2. The Balaban J connectivity index is 2.56. The molecular weight excluding hydrogens is 354 g/mol. The van der Waals surface area contributed by atoms with E-state index in [1.807, 2.05) is 0 Å². The number of benzene rings is 1. The summed E-state index contributed by atoms with van der Waals surface area (Å²) in [4.78, 5) is 22.7. The predicted molar refractivity (Wildman–Crippen MR) is 85.5 cm³/mol. The molecule has 2 rings (SSSR count). The normalized spacial score (nSPS) is 11.6. The highest BCUT2D eigenvalue weighted by Gasteiger charge is 2.23. The van der Waals surface area contributed by atoms with E-state index >= 15 is 0 Å². The molecule has 22 heavy (non-hydrogen) atoms. The van der Waals surface area contributed by atoms with Crippen molar-refractivity contribution in [1.82, 2.24) is 9.78 Å². The molecule has 0 amide bonds. The van der Waals surface area contributed by atoms with Gasteiger partial charge in [0, 0.05) is 29.3 Å². The summed E-state index contributed by atoms with van der Waals surface area (Å²) >= 11 is 3.32. The zero-order valence-corrected chi connectivity index (χ0v) is 14.1. The van der Waals surface area contributed by atoms with Gasteiger partial charge in [0.05, 0.1) is 16.1 Å². The van der Waals surface area contributed by atoms with Crippen LogP contribution in [0.25, 0.3) is 10.9 Å². The van der Waals surface area contributed by atoms with Crippen LogP contribution in [0.3, 0.4) is 0 Å². The van der Waals surface area contributed by atoms with Crippen molar-refractivity contribution in [2.75, 3.05) is 5.33 Å². The Bertz CT molecular complexity index is 733. The first-order valence-corrected chi connectivity index (χ1v) is 7.80. The quantitative estimate of drug-likeness (QED) is 0.467. The minimum Gasteiger partial charge on any atom is -0.442 e. The highest BCUT2D eigenvalue weighted by atomic mass is 79.9. The summed E-state index contributed by atoms with van der Waals surface area (Å²) in [5.74, 6) is 0. The van der Waals surface area contributed by atoms with Crippen molar-refractivity contribution in [2.45, 2.75) is 32.8 Å². The molecular formula is C14H16BrN3O4. The molecule has 0 fully saturated rings. The zero-order valence-electron chi connectivity index (χ0n) is 12.5. The number of nitrogens with zero attached hydrogens (tertiary/aromatic N) is 3. The smallest absolute Gasteiger partial charge is 0.435 e. The van der Waals surface area contributed by atoms with Crippen molar-refractivity contribution in [3.8, 4) is 0 Å². The number of carbonyl (C=O) groups excluding carboxylic acids is 1. The number of hydrogen-bond donors (Lipinski definition) is 0. The number of aryl methyl sites for hydroxylation is 1. The lowest BCUT2D eigenvalue weighted by molar-refractivity contribution is -0.384. The number of rotatable bonds is 3. The van der Waals surface area contributed by atoms with Gasteiger partial charge >= 0.3 is 6.09 Å². The van der Waals surface area contributed by atoms with Gasteiger partial charge in [-0.3, -0.25) is 10.1 Å². The molecule has 0 aliphatic carbocycles. The van der Waals surface area contributed by atoms with Crippen molar-refractivity contribution in [2.24, 2.45) is 0 Å². The van der Waals surface area contributed by atoms with Gasteiger partial charge in [-0.15, -0.1) is 0 Å². The van der Waals surface area contributed by atoms with E-state index < -0.39 is 16.6 Å². The Kier molecular flexibility index (Phi) is 4.50. The molecule has 0 radical (unpaired) electrons. The molecule has 118 valence electrons. The van der Waals surface area contributed by atoms with Crippen molar-refractivity contribution in [3.63, 3.8) is 0 Å². The van der Waals surface area contributed by atoms with Gasteiger partial charge in [0.15, 0.2) is 0 Å². The van der Waals surface area contributed by atoms with Crippen LogP contribution in [-0.2, 0) is 11.2 Å². The predicted octanol–water partition coefficient (Wildman–Crippen LogP) is 3.67. The molecule has 0 saturated heterocycles. The molecule has 0 aliphatic rings. The molecule has 1 aromatic heterocycles. The van der Waals surface area contributed by atoms with Crippen LogP contribution in [-0.4, -0.2) is 31.7 Å². The molecule has 0 aliphatic heterocycles. The topological polar surface area (TPSA) is 87.3 Å². The van der Waals surface area contributed by atoms with Gasteiger partial charge in [0.2, 0.25) is 0 Å². The number of nitro benzene ring substituents is 1. The van der Waals surface area contributed by atoms with Gasteiger partial charge in [-0.1, -0.05) is 15.9 Å². The van der Waals surface area contributed by atoms with Crippen LogP contribution in [0.1, 0.15) is 26.5 Å². The molecule has 0 unspecified atom stereocenters. The number of halogens is 1. The second kappa shape index (κ2) is 6.04. The van der Waals surface area contributed by atoms with Crippen molar-refractivity contribution < 1.29 is 14.5 Å². The van der Waals surface area contributed by atoms with Crippen LogP contribution in [0.2, 0.25) is 0 Å². The van der Waals surface area contributed by atoms with E-state index in [-0.39, 0.29) is 5.69 Å². The van der Waals surface area contributed by atoms with E-state index in [9.17, 15) is 14.9 Å². The zero-order chi connectivity index (χ0) is 16.5. The van der Waals surface area contributed by atoms with Crippen molar-refractivity contribution in [1.29, 1.82) is 0 Å². The van der Waals surface area contributed by atoms with Gasteiger partial charge in [-0.2, -0.15) is 9.78 Å². The highest BCUT2D eigenvalue weighted by Crippen LogP contribution is 2.25. The summed E-state index contributed by atoms with van der Waals surface area (Å²) in [6.07, 6.45) is -0.0554. The Morgan fingerprint density at radius 1 is 1.45 bits per heavy atom. The summed E-state index contributed by atoms with van der Waals surface area (Å²) in [5.41, 5.74) is 0.426. The molecule has 0 bridgehead atoms. The molecule has 2 aromatic rings. The first kappa shape index (κ1) is 16.4. The standard InChI is InChI=1S/C14H16BrN3O4/c1-14(2,3)22-13(19)17-12-5-4-9(18(20)21)8-10(12)11(16-17)6-7-15/h4-5,8H,6-7H2,1-3H3. The molecule has 0 saturated carbocycles. The van der Waals surface area contributed by atoms with Crippen molar-refractivity contribution in [3.05, 3.63) is 34.0 Å². The number of nitro groups is 1. The van der Waals surface area contributed by atoms with Crippen LogP contribution in [0.5, 0.6) is 0 Å². The Hall–Kier alpha value is -1.96. The Morgan fingerprint density at radius 3 is 2.68 bits per heavy atom. The van der Waals surface area contributed by atoms with E-state index in [1.54, 1.807) is 20.8 Å². The molecule has 0 spiro atoms. The fourth-order valence-corrected chi connectivity index (χ4v) is 2.38. The molecule has 1 aromatic carbocycles. The van der Waals surface area contributed by atoms with Crippen LogP contribution in [0.15, 0.2) is 18.2 Å². The molecule has 1 heterocycles. The minimum absolute atomic E-state index is 0.0351. The van der Waals surface area contributed by atoms with Crippen LogP contribution in [0.4, 0.5) is 10.5 Å². The first-order chi connectivity index (χ1) is 10.2. The third kappa shape index (κ3) is 3.44. The largest absolute Gasteiger partial charge is 0.442 e. The molecule has 7 nitrogen and oxygen atoms in total. The molecule has 0 atom stereocenters. The number of alkyl halides is 1. The fraction of sp³-hybridized carbons (Fsp3) is 0.429. The number of carbonyl (C=O) groups is 1. The van der Waals surface area contributed by atoms with E-state index in [1.165, 1.54) is 18.2 Å². The second-order valence-corrected chi connectivity index (χ2v) is 6.53. The Morgan fingerprint density at radius 2 is 2.14 bits per heavy atom. The maximum atomic E-state index is 12.2. The third-order valence-electron chi connectivity index (χ3n) is 2.85. The average molecular weight is 370 g/mol. The minimum atomic E-state index is -0.647. The lowest BCUT2D eigenvalue weighted by atomic mass is 10.1. The number of ether oxygens (including phenoxy) is 1. The SMILES string of the molecule is CC(C)(C)OC(=O)n1nc(CCBr)c2cc([N+](=O)[O-])ccc21. The summed E-state index contributed by atoms with van der Waals surface area (Å²) in [6, 6.07) is 4.30. The third-order valence-corrected chi connectivity index (χ3v) is 3.24. The van der Waals surface area contributed by atoms with E-state index in [0.29, 0.717) is 28.3 Å². The highest BCUT2D eigenvalue weighted by molar-refractivity contribution is 9.09. The van der Waals surface area contributed by atoms with Gasteiger partial charge in [-0.25, -0.2) is 4.79 Å². The summed E-state index contributed by atoms with van der Waals surface area (Å²) < 4.78 is 6.47. The van der Waals surface area contributed by atoms with E-state index in [4.69, 9.17) is 4.74 Å². The average Bonchev–Trinajstić information content (AvgIpc) is 2.75. The summed E-state index contributed by atoms with van der Waals surface area (Å²) in [6.45, 7) is 5.29. The number of aromatic nitrogens is 2. The van der Waals surface area contributed by atoms with E-state index in [0.717, 1.165) is 4.68 Å². The maximum Gasteiger partial charge on any atom is 0.435 e. The van der Waals surface area contributed by atoms with Crippen LogP contribution < -0.4 is 0 Å². The second-order valence-electron chi connectivity index (χ2n) is 5.74. The Labute approximate surface area is 135 Å². The fourth-order valence-electron chi connectivity index (χ4n) is 2.00. The van der Waals surface area contributed by atoms with E-state index in [2.05, 4.69) is 21.0 Å². The van der Waals surface area contributed by atoms with Gasteiger partial charge in [0.1, 0.15) is 5.60 Å². The van der Waals surface area contributed by atoms with Crippen LogP contribution >= 0.6 is 15.9 Å². The number of non-ortho nitro benzene ring substituents is 1. The lowest BCUT2D eigenvalue weighted by Gasteiger charge is -2.19. The molecule has 0 N–H and O–H groups in total. The van der Waals surface area contributed by atoms with Gasteiger partial charge in [0.25, 0.3) is 5.69 Å². The summed E-state index contributed by atoms with van der Waals surface area (Å²) in [5, 5.41) is 16.4. The van der Waals surface area contributed by atoms with Gasteiger partial charge < -0.3 is 4.74 Å². The number of fused-ring (bicyclic) bond motifs is 1. The summed E-state index contributed by atoms with van der Waals surface area (Å²) in [7, 11) is 0. The van der Waals surface area contributed by atoms with Gasteiger partial charge in [-0.05, 0) is 26.8 Å².